The lowest BCUT2D eigenvalue weighted by atomic mass is 9.64. The fourth-order valence-corrected chi connectivity index (χ4v) is 2.29. The van der Waals surface area contributed by atoms with Gasteiger partial charge in [0.15, 0.2) is 0 Å². The zero-order chi connectivity index (χ0) is 12.0. The smallest absolute Gasteiger partial charge is 0.0652 e. The molecule has 0 saturated heterocycles. The molecule has 2 atom stereocenters. The molecular weight excluding hydrogens is 202 g/mol. The molecule has 1 N–H and O–H groups in total. The first-order chi connectivity index (χ1) is 7.62. The summed E-state index contributed by atoms with van der Waals surface area (Å²) < 4.78 is 10.9. The second-order valence-electron chi connectivity index (χ2n) is 5.25. The average Bonchev–Trinajstić information content (AvgIpc) is 2.26. The minimum Gasteiger partial charge on any atom is -0.381 e. The highest BCUT2D eigenvalue weighted by atomic mass is 16.5. The molecule has 16 heavy (non-hydrogen) atoms. The maximum atomic E-state index is 5.52. The Kier molecular flexibility index (Phi) is 5.73. The maximum absolute atomic E-state index is 5.52. The minimum absolute atomic E-state index is 0.262. The van der Waals surface area contributed by atoms with E-state index in [1.807, 2.05) is 0 Å². The van der Waals surface area contributed by atoms with Gasteiger partial charge in [0.1, 0.15) is 0 Å². The van der Waals surface area contributed by atoms with E-state index in [0.29, 0.717) is 12.1 Å². The lowest BCUT2D eigenvalue weighted by Crippen LogP contribution is -2.61. The van der Waals surface area contributed by atoms with Crippen molar-refractivity contribution in [3.63, 3.8) is 0 Å². The van der Waals surface area contributed by atoms with Crippen LogP contribution in [0.1, 0.15) is 40.0 Å². The molecule has 1 aliphatic carbocycles. The van der Waals surface area contributed by atoms with Gasteiger partial charge in [0.05, 0.1) is 12.7 Å². The highest BCUT2D eigenvalue weighted by Crippen LogP contribution is 2.42. The molecule has 96 valence electrons. The van der Waals surface area contributed by atoms with Crippen molar-refractivity contribution in [1.29, 1.82) is 0 Å². The molecule has 3 heteroatoms. The standard InChI is InChI=1S/C13H27NO2/c1-5-6-8-16-9-7-14-11-10-12(15-4)13(11,2)3/h11-12,14H,5-10H2,1-4H3. The Hall–Kier alpha value is -0.120. The molecule has 0 aromatic carbocycles. The van der Waals surface area contributed by atoms with Gasteiger partial charge in [-0.3, -0.25) is 0 Å². The molecular formula is C13H27NO2. The second kappa shape index (κ2) is 6.58. The van der Waals surface area contributed by atoms with Crippen LogP contribution >= 0.6 is 0 Å². The summed E-state index contributed by atoms with van der Waals surface area (Å²) in [5, 5.41) is 3.55. The van der Waals surface area contributed by atoms with Gasteiger partial charge in [-0.05, 0) is 12.8 Å². The van der Waals surface area contributed by atoms with E-state index in [4.69, 9.17) is 9.47 Å². The molecule has 1 rings (SSSR count). The van der Waals surface area contributed by atoms with Crippen LogP contribution in [0.4, 0.5) is 0 Å². The SMILES string of the molecule is CCCCOCCNC1CC(OC)C1(C)C. The van der Waals surface area contributed by atoms with Gasteiger partial charge in [0.2, 0.25) is 0 Å². The number of ether oxygens (including phenoxy) is 2. The van der Waals surface area contributed by atoms with E-state index >= 15 is 0 Å². The van der Waals surface area contributed by atoms with E-state index in [1.165, 1.54) is 12.8 Å². The maximum Gasteiger partial charge on any atom is 0.0652 e. The van der Waals surface area contributed by atoms with Gasteiger partial charge in [-0.25, -0.2) is 0 Å². The van der Waals surface area contributed by atoms with E-state index < -0.39 is 0 Å². The van der Waals surface area contributed by atoms with Gasteiger partial charge in [-0.15, -0.1) is 0 Å². The van der Waals surface area contributed by atoms with Crippen LogP contribution in [0.2, 0.25) is 0 Å². The van der Waals surface area contributed by atoms with Crippen LogP contribution in [-0.2, 0) is 9.47 Å². The molecule has 1 aliphatic rings. The summed E-state index contributed by atoms with van der Waals surface area (Å²) in [5.74, 6) is 0. The summed E-state index contributed by atoms with van der Waals surface area (Å²) >= 11 is 0. The summed E-state index contributed by atoms with van der Waals surface area (Å²) in [6.45, 7) is 9.38. The largest absolute Gasteiger partial charge is 0.381 e. The Morgan fingerprint density at radius 2 is 2.06 bits per heavy atom. The molecule has 3 nitrogen and oxygen atoms in total. The summed E-state index contributed by atoms with van der Waals surface area (Å²) in [6.07, 6.45) is 3.91. The van der Waals surface area contributed by atoms with Crippen molar-refractivity contribution in [1.82, 2.24) is 5.32 Å². The first-order valence-corrected chi connectivity index (χ1v) is 6.46. The predicted octanol–water partition coefficient (Wildman–Crippen LogP) is 2.21. The summed E-state index contributed by atoms with van der Waals surface area (Å²) in [5.41, 5.74) is 0.262. The van der Waals surface area contributed by atoms with E-state index in [0.717, 1.165) is 26.2 Å². The van der Waals surface area contributed by atoms with Gasteiger partial charge in [0.25, 0.3) is 0 Å². The molecule has 1 fully saturated rings. The molecule has 0 bridgehead atoms. The van der Waals surface area contributed by atoms with E-state index in [9.17, 15) is 0 Å². The van der Waals surface area contributed by atoms with Crippen molar-refractivity contribution in [3.8, 4) is 0 Å². The third-order valence-corrected chi connectivity index (χ3v) is 3.74. The third kappa shape index (κ3) is 3.44. The van der Waals surface area contributed by atoms with Crippen molar-refractivity contribution < 1.29 is 9.47 Å². The predicted molar refractivity (Wildman–Crippen MR) is 66.7 cm³/mol. The lowest BCUT2D eigenvalue weighted by molar-refractivity contribution is -0.0983. The summed E-state index contributed by atoms with van der Waals surface area (Å²) in [7, 11) is 1.80. The van der Waals surface area contributed by atoms with Gasteiger partial charge in [0, 0.05) is 31.7 Å². The van der Waals surface area contributed by atoms with Gasteiger partial charge in [-0.2, -0.15) is 0 Å². The quantitative estimate of drug-likeness (QED) is 0.647. The summed E-state index contributed by atoms with van der Waals surface area (Å²) in [4.78, 5) is 0. The Labute approximate surface area is 99.9 Å². The second-order valence-corrected chi connectivity index (χ2v) is 5.25. The molecule has 0 heterocycles. The topological polar surface area (TPSA) is 30.5 Å². The van der Waals surface area contributed by atoms with Gasteiger partial charge in [-0.1, -0.05) is 27.2 Å². The van der Waals surface area contributed by atoms with Crippen molar-refractivity contribution in [2.75, 3.05) is 26.9 Å². The Bertz CT molecular complexity index is 194. The monoisotopic (exact) mass is 229 g/mol. The van der Waals surface area contributed by atoms with Crippen molar-refractivity contribution in [3.05, 3.63) is 0 Å². The highest BCUT2D eigenvalue weighted by molar-refractivity contribution is 5.02. The Morgan fingerprint density at radius 3 is 2.62 bits per heavy atom. The van der Waals surface area contributed by atoms with E-state index in [1.54, 1.807) is 7.11 Å². The molecule has 0 amide bonds. The normalized spacial score (nSPS) is 27.8. The number of methoxy groups -OCH3 is 1. The lowest BCUT2D eigenvalue weighted by Gasteiger charge is -2.51. The molecule has 2 unspecified atom stereocenters. The Morgan fingerprint density at radius 1 is 1.31 bits per heavy atom. The van der Waals surface area contributed by atoms with Crippen molar-refractivity contribution in [2.45, 2.75) is 52.2 Å². The van der Waals surface area contributed by atoms with Crippen molar-refractivity contribution >= 4 is 0 Å². The fourth-order valence-electron chi connectivity index (χ4n) is 2.29. The number of unbranched alkanes of at least 4 members (excludes halogenated alkanes) is 1. The number of rotatable bonds is 8. The number of nitrogens with one attached hydrogen (secondary N) is 1. The highest BCUT2D eigenvalue weighted by Gasteiger charge is 2.47. The van der Waals surface area contributed by atoms with Crippen LogP contribution in [0.5, 0.6) is 0 Å². The van der Waals surface area contributed by atoms with E-state index in [2.05, 4.69) is 26.1 Å². The first kappa shape index (κ1) is 13.9. The van der Waals surface area contributed by atoms with Crippen LogP contribution < -0.4 is 5.32 Å². The number of hydrogen-bond acceptors (Lipinski definition) is 3. The minimum atomic E-state index is 0.262. The fraction of sp³-hybridized carbons (Fsp3) is 1.00. The van der Waals surface area contributed by atoms with Crippen LogP contribution in [0, 0.1) is 5.41 Å². The first-order valence-electron chi connectivity index (χ1n) is 6.46. The van der Waals surface area contributed by atoms with E-state index in [-0.39, 0.29) is 5.41 Å². The van der Waals surface area contributed by atoms with Crippen LogP contribution in [0.3, 0.4) is 0 Å². The average molecular weight is 229 g/mol. The number of hydrogen-bond donors (Lipinski definition) is 1. The molecule has 0 aromatic rings. The molecule has 1 saturated carbocycles. The molecule has 0 spiro atoms. The zero-order valence-electron chi connectivity index (χ0n) is 11.2. The zero-order valence-corrected chi connectivity index (χ0v) is 11.2. The van der Waals surface area contributed by atoms with Gasteiger partial charge >= 0.3 is 0 Å². The molecule has 0 aliphatic heterocycles. The van der Waals surface area contributed by atoms with Crippen molar-refractivity contribution in [2.24, 2.45) is 5.41 Å². The van der Waals surface area contributed by atoms with Crippen LogP contribution in [-0.4, -0.2) is 39.0 Å². The van der Waals surface area contributed by atoms with Gasteiger partial charge < -0.3 is 14.8 Å². The molecule has 0 radical (unpaired) electrons. The van der Waals surface area contributed by atoms with Crippen LogP contribution in [0.25, 0.3) is 0 Å². The summed E-state index contributed by atoms with van der Waals surface area (Å²) in [6, 6.07) is 0.576. The van der Waals surface area contributed by atoms with Crippen LogP contribution in [0.15, 0.2) is 0 Å². The molecule has 0 aromatic heterocycles. The Balaban J connectivity index is 2.03. The third-order valence-electron chi connectivity index (χ3n) is 3.74.